The van der Waals surface area contributed by atoms with Gasteiger partial charge in [-0.3, -0.25) is 9.59 Å². The SMILES string of the molecule is CCc1ccc(C(=O)CCC(=O)NCc2ccn(-c3ccc(OC)cc3)n2)cc1. The number of benzene rings is 2. The fraction of sp³-hybridized carbons (Fsp3) is 0.261. The Labute approximate surface area is 170 Å². The van der Waals surface area contributed by atoms with E-state index < -0.39 is 0 Å². The van der Waals surface area contributed by atoms with Gasteiger partial charge >= 0.3 is 0 Å². The van der Waals surface area contributed by atoms with E-state index in [1.54, 1.807) is 11.8 Å². The molecule has 1 aromatic heterocycles. The zero-order chi connectivity index (χ0) is 20.6. The number of amides is 1. The highest BCUT2D eigenvalue weighted by molar-refractivity contribution is 5.97. The molecule has 0 aliphatic carbocycles. The van der Waals surface area contributed by atoms with Gasteiger partial charge in [0, 0.05) is 24.6 Å². The van der Waals surface area contributed by atoms with E-state index in [1.807, 2.05) is 60.8 Å². The molecular formula is C23H25N3O3. The van der Waals surface area contributed by atoms with Crippen LogP contribution in [0.2, 0.25) is 0 Å². The van der Waals surface area contributed by atoms with Gasteiger partial charge in [-0.2, -0.15) is 5.10 Å². The van der Waals surface area contributed by atoms with Crippen LogP contribution in [0.15, 0.2) is 60.8 Å². The Bertz CT molecular complexity index is 960. The van der Waals surface area contributed by atoms with Gasteiger partial charge in [-0.25, -0.2) is 4.68 Å². The molecule has 1 amide bonds. The van der Waals surface area contributed by atoms with Crippen molar-refractivity contribution in [3.8, 4) is 11.4 Å². The minimum atomic E-state index is -0.164. The highest BCUT2D eigenvalue weighted by atomic mass is 16.5. The van der Waals surface area contributed by atoms with Gasteiger partial charge in [0.25, 0.3) is 0 Å². The van der Waals surface area contributed by atoms with Crippen molar-refractivity contribution in [2.45, 2.75) is 32.7 Å². The number of nitrogens with one attached hydrogen (secondary N) is 1. The molecule has 150 valence electrons. The van der Waals surface area contributed by atoms with Gasteiger partial charge in [-0.15, -0.1) is 0 Å². The second kappa shape index (κ2) is 9.68. The molecule has 0 bridgehead atoms. The maximum atomic E-state index is 12.2. The van der Waals surface area contributed by atoms with E-state index in [1.165, 1.54) is 5.56 Å². The standard InChI is InChI=1S/C23H25N3O3/c1-3-17-4-6-18(7-5-17)22(27)12-13-23(28)24-16-19-14-15-26(25-19)20-8-10-21(29-2)11-9-20/h4-11,14-15H,3,12-13,16H2,1-2H3,(H,24,28). The Morgan fingerprint density at radius 2 is 1.72 bits per heavy atom. The fourth-order valence-electron chi connectivity index (χ4n) is 2.91. The second-order valence-corrected chi connectivity index (χ2v) is 6.70. The molecule has 0 saturated heterocycles. The van der Waals surface area contributed by atoms with E-state index in [4.69, 9.17) is 4.74 Å². The first-order valence-corrected chi connectivity index (χ1v) is 9.67. The molecular weight excluding hydrogens is 366 g/mol. The maximum Gasteiger partial charge on any atom is 0.220 e. The van der Waals surface area contributed by atoms with Crippen LogP contribution in [0, 0.1) is 0 Å². The van der Waals surface area contributed by atoms with Crippen LogP contribution in [0.5, 0.6) is 5.75 Å². The zero-order valence-corrected chi connectivity index (χ0v) is 16.7. The first kappa shape index (κ1) is 20.3. The molecule has 3 aromatic rings. The Kier molecular flexibility index (Phi) is 6.79. The number of rotatable bonds is 9. The molecule has 29 heavy (non-hydrogen) atoms. The van der Waals surface area contributed by atoms with Crippen LogP contribution in [-0.2, 0) is 17.8 Å². The van der Waals surface area contributed by atoms with E-state index in [2.05, 4.69) is 17.3 Å². The average Bonchev–Trinajstić information content (AvgIpc) is 3.25. The molecule has 6 heteroatoms. The monoisotopic (exact) mass is 391 g/mol. The second-order valence-electron chi connectivity index (χ2n) is 6.70. The molecule has 0 aliphatic rings. The summed E-state index contributed by atoms with van der Waals surface area (Å²) >= 11 is 0. The summed E-state index contributed by atoms with van der Waals surface area (Å²) in [4.78, 5) is 24.3. The first-order chi connectivity index (χ1) is 14.1. The molecule has 1 N–H and O–H groups in total. The van der Waals surface area contributed by atoms with E-state index >= 15 is 0 Å². The topological polar surface area (TPSA) is 73.2 Å². The molecule has 0 atom stereocenters. The molecule has 0 unspecified atom stereocenters. The van der Waals surface area contributed by atoms with Crippen molar-refractivity contribution < 1.29 is 14.3 Å². The minimum absolute atomic E-state index is 0.0217. The number of methoxy groups -OCH3 is 1. The molecule has 0 fully saturated rings. The van der Waals surface area contributed by atoms with Crippen molar-refractivity contribution in [3.63, 3.8) is 0 Å². The highest BCUT2D eigenvalue weighted by Crippen LogP contribution is 2.14. The lowest BCUT2D eigenvalue weighted by atomic mass is 10.0. The number of aryl methyl sites for hydroxylation is 1. The molecule has 6 nitrogen and oxygen atoms in total. The summed E-state index contributed by atoms with van der Waals surface area (Å²) in [5.41, 5.74) is 3.49. The maximum absolute atomic E-state index is 12.2. The van der Waals surface area contributed by atoms with Crippen molar-refractivity contribution >= 4 is 11.7 Å². The predicted molar refractivity (Wildman–Crippen MR) is 111 cm³/mol. The quantitative estimate of drug-likeness (QED) is 0.564. The van der Waals surface area contributed by atoms with Crippen molar-refractivity contribution in [3.05, 3.63) is 77.6 Å². The third-order valence-electron chi connectivity index (χ3n) is 4.71. The number of aromatic nitrogens is 2. The van der Waals surface area contributed by atoms with Gasteiger partial charge in [-0.1, -0.05) is 31.2 Å². The lowest BCUT2D eigenvalue weighted by molar-refractivity contribution is -0.121. The Morgan fingerprint density at radius 3 is 2.38 bits per heavy atom. The summed E-state index contributed by atoms with van der Waals surface area (Å²) in [7, 11) is 1.62. The highest BCUT2D eigenvalue weighted by Gasteiger charge is 2.10. The van der Waals surface area contributed by atoms with E-state index in [0.29, 0.717) is 12.1 Å². The normalized spacial score (nSPS) is 10.6. The first-order valence-electron chi connectivity index (χ1n) is 9.67. The van der Waals surface area contributed by atoms with Crippen LogP contribution < -0.4 is 10.1 Å². The molecule has 2 aromatic carbocycles. The summed E-state index contributed by atoms with van der Waals surface area (Å²) < 4.78 is 6.89. The number of ketones is 1. The van der Waals surface area contributed by atoms with Gasteiger partial charge in [0.1, 0.15) is 5.75 Å². The number of hydrogen-bond acceptors (Lipinski definition) is 4. The molecule has 0 radical (unpaired) electrons. The third-order valence-corrected chi connectivity index (χ3v) is 4.71. The smallest absolute Gasteiger partial charge is 0.220 e. The molecule has 0 aliphatic heterocycles. The summed E-state index contributed by atoms with van der Waals surface area (Å²) in [5, 5.41) is 7.28. The number of ether oxygens (including phenoxy) is 1. The molecule has 0 spiro atoms. The van der Waals surface area contributed by atoms with E-state index in [9.17, 15) is 9.59 Å². The summed E-state index contributed by atoms with van der Waals surface area (Å²) in [6, 6.07) is 17.0. The number of hydrogen-bond donors (Lipinski definition) is 1. The molecule has 0 saturated carbocycles. The number of Topliss-reactive ketones (excluding diaryl/α,β-unsaturated/α-hetero) is 1. The lowest BCUT2D eigenvalue weighted by Crippen LogP contribution is -2.23. The van der Waals surface area contributed by atoms with Crippen LogP contribution in [-0.4, -0.2) is 28.6 Å². The Morgan fingerprint density at radius 1 is 1.00 bits per heavy atom. The van der Waals surface area contributed by atoms with Crippen molar-refractivity contribution in [2.75, 3.05) is 7.11 Å². The van der Waals surface area contributed by atoms with Gasteiger partial charge < -0.3 is 10.1 Å². The van der Waals surface area contributed by atoms with Gasteiger partial charge in [0.2, 0.25) is 5.91 Å². The summed E-state index contributed by atoms with van der Waals surface area (Å²) in [6.45, 7) is 2.39. The predicted octanol–water partition coefficient (Wildman–Crippen LogP) is 3.72. The van der Waals surface area contributed by atoms with E-state index in [-0.39, 0.29) is 24.5 Å². The average molecular weight is 391 g/mol. The lowest BCUT2D eigenvalue weighted by Gasteiger charge is -2.05. The van der Waals surface area contributed by atoms with Crippen molar-refractivity contribution in [2.24, 2.45) is 0 Å². The van der Waals surface area contributed by atoms with Crippen LogP contribution in [0.3, 0.4) is 0 Å². The molecule has 1 heterocycles. The summed E-state index contributed by atoms with van der Waals surface area (Å²) in [5.74, 6) is 0.596. The van der Waals surface area contributed by atoms with Crippen molar-refractivity contribution in [1.82, 2.24) is 15.1 Å². The molecule has 3 rings (SSSR count). The van der Waals surface area contributed by atoms with Crippen molar-refractivity contribution in [1.29, 1.82) is 0 Å². The van der Waals surface area contributed by atoms with Gasteiger partial charge in [-0.05, 0) is 42.3 Å². The van der Waals surface area contributed by atoms with Crippen LogP contribution in [0.4, 0.5) is 0 Å². The van der Waals surface area contributed by atoms with Crippen LogP contribution >= 0.6 is 0 Å². The van der Waals surface area contributed by atoms with Gasteiger partial charge in [0.05, 0.1) is 25.0 Å². The third kappa shape index (κ3) is 5.54. The summed E-state index contributed by atoms with van der Waals surface area (Å²) in [6.07, 6.45) is 3.13. The fourth-order valence-corrected chi connectivity index (χ4v) is 2.91. The van der Waals surface area contributed by atoms with Gasteiger partial charge in [0.15, 0.2) is 5.78 Å². The Balaban J connectivity index is 1.46. The largest absolute Gasteiger partial charge is 0.497 e. The van der Waals surface area contributed by atoms with Crippen LogP contribution in [0.25, 0.3) is 5.69 Å². The minimum Gasteiger partial charge on any atom is -0.497 e. The van der Waals surface area contributed by atoms with E-state index in [0.717, 1.165) is 23.6 Å². The number of nitrogens with zero attached hydrogens (tertiary/aromatic N) is 2. The Hall–Kier alpha value is -3.41. The number of carbonyl (C=O) groups excluding carboxylic acids is 2. The van der Waals surface area contributed by atoms with Crippen LogP contribution in [0.1, 0.15) is 41.4 Å². The number of carbonyl (C=O) groups is 2. The zero-order valence-electron chi connectivity index (χ0n) is 16.7.